The third-order valence-electron chi connectivity index (χ3n) is 5.79. The number of hydrogen-bond donors (Lipinski definition) is 1. The first-order chi connectivity index (χ1) is 16.7. The fourth-order valence-electron chi connectivity index (χ4n) is 4.22. The molecule has 8 heteroatoms. The molecule has 2 atom stereocenters. The number of hydrogen-bond acceptors (Lipinski definition) is 6. The molecule has 1 aliphatic rings. The number of esters is 1. The van der Waals surface area contributed by atoms with Gasteiger partial charge in [-0.3, -0.25) is 9.97 Å². The summed E-state index contributed by atoms with van der Waals surface area (Å²) in [4.78, 5) is 23.2. The summed E-state index contributed by atoms with van der Waals surface area (Å²) < 4.78 is 11.3. The number of carbonyl (C=O) groups is 1. The lowest BCUT2D eigenvalue weighted by molar-refractivity contribution is 0.0601. The highest BCUT2D eigenvalue weighted by molar-refractivity contribution is 7.80. The molecule has 3 aromatic heterocycles. The number of nitrogens with one attached hydrogen (secondary N) is 1. The maximum absolute atomic E-state index is 12.3. The van der Waals surface area contributed by atoms with Crippen LogP contribution in [-0.4, -0.2) is 33.1 Å². The Morgan fingerprint density at radius 3 is 2.71 bits per heavy atom. The summed E-state index contributed by atoms with van der Waals surface area (Å²) in [5, 5.41) is 4.03. The molecule has 0 unspecified atom stereocenters. The van der Waals surface area contributed by atoms with Gasteiger partial charge < -0.3 is 19.4 Å². The van der Waals surface area contributed by atoms with Crippen LogP contribution in [0.2, 0.25) is 0 Å². The van der Waals surface area contributed by atoms with Crippen LogP contribution < -0.4 is 5.32 Å². The van der Waals surface area contributed by atoms with Gasteiger partial charge in [0.2, 0.25) is 0 Å². The van der Waals surface area contributed by atoms with Gasteiger partial charge in [-0.2, -0.15) is 0 Å². The first-order valence-electron chi connectivity index (χ1n) is 10.8. The first-order valence-corrected chi connectivity index (χ1v) is 11.2. The van der Waals surface area contributed by atoms with Crippen molar-refractivity contribution >= 4 is 23.3 Å². The summed E-state index contributed by atoms with van der Waals surface area (Å²) in [5.74, 6) is 0.873. The summed E-state index contributed by atoms with van der Waals surface area (Å²) in [6.07, 6.45) is 5.34. The summed E-state index contributed by atoms with van der Waals surface area (Å²) in [6, 6.07) is 20.3. The van der Waals surface area contributed by atoms with Crippen LogP contribution in [0.4, 0.5) is 0 Å². The van der Waals surface area contributed by atoms with E-state index in [0.717, 1.165) is 11.3 Å². The lowest BCUT2D eigenvalue weighted by atomic mass is 10.0. The SMILES string of the molecule is COC(=O)c1ccccc1-c1ccc([C@H]2[C@@H](c3ccccn3)NC(=S)N2Cc2cccnc2)o1. The second kappa shape index (κ2) is 9.44. The van der Waals surface area contributed by atoms with E-state index in [-0.39, 0.29) is 12.1 Å². The Kier molecular flexibility index (Phi) is 6.05. The number of methoxy groups -OCH3 is 1. The Bertz CT molecular complexity index is 1310. The van der Waals surface area contributed by atoms with Gasteiger partial charge in [-0.25, -0.2) is 4.79 Å². The van der Waals surface area contributed by atoms with E-state index in [9.17, 15) is 4.79 Å². The van der Waals surface area contributed by atoms with Gasteiger partial charge in [0.05, 0.1) is 24.4 Å². The number of benzene rings is 1. The van der Waals surface area contributed by atoms with Crippen molar-refractivity contribution in [1.82, 2.24) is 20.2 Å². The predicted molar refractivity (Wildman–Crippen MR) is 131 cm³/mol. The quantitative estimate of drug-likeness (QED) is 0.321. The molecule has 0 amide bonds. The molecule has 1 saturated heterocycles. The maximum atomic E-state index is 12.3. The van der Waals surface area contributed by atoms with Crippen LogP contribution in [0, 0.1) is 0 Å². The van der Waals surface area contributed by atoms with Crippen LogP contribution in [-0.2, 0) is 11.3 Å². The molecule has 4 aromatic rings. The van der Waals surface area contributed by atoms with Crippen LogP contribution in [0.5, 0.6) is 0 Å². The van der Waals surface area contributed by atoms with E-state index >= 15 is 0 Å². The fraction of sp³-hybridized carbons (Fsp3) is 0.154. The highest BCUT2D eigenvalue weighted by Crippen LogP contribution is 2.41. The second-order valence-electron chi connectivity index (χ2n) is 7.85. The minimum Gasteiger partial charge on any atom is -0.465 e. The number of carbonyl (C=O) groups excluding carboxylic acids is 1. The van der Waals surface area contributed by atoms with E-state index in [2.05, 4.69) is 20.2 Å². The summed E-state index contributed by atoms with van der Waals surface area (Å²) in [5.41, 5.74) is 3.00. The molecule has 0 saturated carbocycles. The van der Waals surface area contributed by atoms with Crippen LogP contribution >= 0.6 is 12.2 Å². The van der Waals surface area contributed by atoms with E-state index in [1.54, 1.807) is 24.5 Å². The van der Waals surface area contributed by atoms with Crippen molar-refractivity contribution in [3.63, 3.8) is 0 Å². The van der Waals surface area contributed by atoms with E-state index in [1.807, 2.05) is 60.8 Å². The molecule has 4 heterocycles. The average Bonchev–Trinajstić information content (AvgIpc) is 3.49. The van der Waals surface area contributed by atoms with Crippen molar-refractivity contribution in [2.75, 3.05) is 7.11 Å². The first kappa shape index (κ1) is 21.8. The smallest absolute Gasteiger partial charge is 0.338 e. The molecule has 170 valence electrons. The molecule has 5 rings (SSSR count). The lowest BCUT2D eigenvalue weighted by Crippen LogP contribution is -2.29. The summed E-state index contributed by atoms with van der Waals surface area (Å²) in [7, 11) is 1.37. The predicted octanol–water partition coefficient (Wildman–Crippen LogP) is 4.70. The van der Waals surface area contributed by atoms with Gasteiger partial charge in [0, 0.05) is 30.7 Å². The highest BCUT2D eigenvalue weighted by atomic mass is 32.1. The number of thiocarbonyl (C=S) groups is 1. The van der Waals surface area contributed by atoms with Crippen LogP contribution in [0.1, 0.15) is 39.5 Å². The van der Waals surface area contributed by atoms with Gasteiger partial charge in [-0.15, -0.1) is 0 Å². The molecular formula is C26H22N4O3S. The normalized spacial score (nSPS) is 17.4. The fourth-order valence-corrected chi connectivity index (χ4v) is 4.52. The molecule has 7 nitrogen and oxygen atoms in total. The zero-order valence-electron chi connectivity index (χ0n) is 18.4. The van der Waals surface area contributed by atoms with E-state index < -0.39 is 5.97 Å². The monoisotopic (exact) mass is 470 g/mol. The summed E-state index contributed by atoms with van der Waals surface area (Å²) in [6.45, 7) is 0.558. The lowest BCUT2D eigenvalue weighted by Gasteiger charge is -2.26. The van der Waals surface area contributed by atoms with Gasteiger partial charge in [0.1, 0.15) is 17.6 Å². The standard InChI is InChI=1S/C26H22N4O3S/c1-32-25(31)19-9-3-2-8-18(19)21-11-12-22(33-21)24-23(20-10-4-5-14-28-20)29-26(34)30(24)16-17-7-6-13-27-15-17/h2-15,23-24H,16H2,1H3,(H,29,34)/t23-,24+/m1/s1. The van der Waals surface area contributed by atoms with Crippen molar-refractivity contribution in [2.45, 2.75) is 18.6 Å². The highest BCUT2D eigenvalue weighted by Gasteiger charge is 2.41. The minimum absolute atomic E-state index is 0.208. The molecule has 0 spiro atoms. The largest absolute Gasteiger partial charge is 0.465 e. The van der Waals surface area contributed by atoms with Gasteiger partial charge in [-0.05, 0) is 54.2 Å². The molecule has 0 aliphatic carbocycles. The number of pyridine rings is 2. The molecule has 1 N–H and O–H groups in total. The third-order valence-corrected chi connectivity index (χ3v) is 6.14. The molecule has 34 heavy (non-hydrogen) atoms. The van der Waals surface area contributed by atoms with Crippen molar-refractivity contribution in [3.05, 3.63) is 108 Å². The molecule has 1 fully saturated rings. The Morgan fingerprint density at radius 2 is 1.94 bits per heavy atom. The molecule has 0 radical (unpaired) electrons. The van der Waals surface area contributed by atoms with E-state index in [4.69, 9.17) is 21.4 Å². The molecule has 0 bridgehead atoms. The maximum Gasteiger partial charge on any atom is 0.338 e. The molecular weight excluding hydrogens is 448 g/mol. The topological polar surface area (TPSA) is 80.5 Å². The van der Waals surface area contributed by atoms with Crippen molar-refractivity contribution in [2.24, 2.45) is 0 Å². The molecule has 1 aliphatic heterocycles. The average molecular weight is 471 g/mol. The van der Waals surface area contributed by atoms with Crippen LogP contribution in [0.3, 0.4) is 0 Å². The van der Waals surface area contributed by atoms with Crippen molar-refractivity contribution in [3.8, 4) is 11.3 Å². The van der Waals surface area contributed by atoms with Gasteiger partial charge in [0.25, 0.3) is 0 Å². The number of aromatic nitrogens is 2. The Balaban J connectivity index is 1.55. The number of ether oxygens (including phenoxy) is 1. The molecule has 1 aromatic carbocycles. The Morgan fingerprint density at radius 1 is 1.09 bits per heavy atom. The van der Waals surface area contributed by atoms with Crippen molar-refractivity contribution in [1.29, 1.82) is 0 Å². The van der Waals surface area contributed by atoms with E-state index in [0.29, 0.717) is 34.3 Å². The third kappa shape index (κ3) is 4.15. The number of furan rings is 1. The minimum atomic E-state index is -0.415. The zero-order chi connectivity index (χ0) is 23.5. The van der Waals surface area contributed by atoms with E-state index in [1.165, 1.54) is 7.11 Å². The van der Waals surface area contributed by atoms with Crippen molar-refractivity contribution < 1.29 is 13.9 Å². The second-order valence-corrected chi connectivity index (χ2v) is 8.24. The number of nitrogens with zero attached hydrogens (tertiary/aromatic N) is 3. The zero-order valence-corrected chi connectivity index (χ0v) is 19.2. The summed E-state index contributed by atoms with van der Waals surface area (Å²) >= 11 is 5.73. The van der Waals surface area contributed by atoms with Gasteiger partial charge >= 0.3 is 5.97 Å². The Hall–Kier alpha value is -4.04. The van der Waals surface area contributed by atoms with Crippen LogP contribution in [0.15, 0.2) is 89.7 Å². The van der Waals surface area contributed by atoms with Gasteiger partial charge in [0.15, 0.2) is 5.11 Å². The van der Waals surface area contributed by atoms with Gasteiger partial charge in [-0.1, -0.05) is 30.3 Å². The van der Waals surface area contributed by atoms with Crippen LogP contribution in [0.25, 0.3) is 11.3 Å². The Labute approximate surface area is 202 Å². The number of rotatable bonds is 6.